The summed E-state index contributed by atoms with van der Waals surface area (Å²) in [6.45, 7) is 3.59. The van der Waals surface area contributed by atoms with Gasteiger partial charge in [0.1, 0.15) is 11.9 Å². The minimum atomic E-state index is 0. The molecular formula is C38H61ClN2O. The molecule has 0 spiro atoms. The van der Waals surface area contributed by atoms with Gasteiger partial charge in [0.25, 0.3) is 0 Å². The molecule has 3 aliphatic heterocycles. The molecule has 4 heteroatoms. The Labute approximate surface area is 265 Å². The van der Waals surface area contributed by atoms with Gasteiger partial charge < -0.3 is 10.1 Å². The molecule has 0 saturated carbocycles. The van der Waals surface area contributed by atoms with Gasteiger partial charge in [-0.1, -0.05) is 134 Å². The van der Waals surface area contributed by atoms with Crippen LogP contribution in [-0.4, -0.2) is 30.6 Å². The van der Waals surface area contributed by atoms with Crippen molar-refractivity contribution in [2.75, 3.05) is 25.0 Å². The van der Waals surface area contributed by atoms with E-state index in [0.29, 0.717) is 12.0 Å². The molecule has 42 heavy (non-hydrogen) atoms. The zero-order valence-corrected chi connectivity index (χ0v) is 27.4. The van der Waals surface area contributed by atoms with E-state index in [2.05, 4.69) is 64.8 Å². The first-order chi connectivity index (χ1) is 20.4. The molecule has 3 heterocycles. The zero-order valence-electron chi connectivity index (χ0n) is 26.6. The van der Waals surface area contributed by atoms with E-state index in [1.165, 1.54) is 148 Å². The number of nitrogens with one attached hydrogen (secondary N) is 1. The molecule has 3 fully saturated rings. The van der Waals surface area contributed by atoms with Crippen LogP contribution in [0.2, 0.25) is 0 Å². The molecule has 236 valence electrons. The van der Waals surface area contributed by atoms with Gasteiger partial charge in [0, 0.05) is 17.9 Å². The van der Waals surface area contributed by atoms with Crippen LogP contribution in [0.1, 0.15) is 135 Å². The van der Waals surface area contributed by atoms with E-state index in [1.807, 2.05) is 0 Å². The van der Waals surface area contributed by atoms with Crippen molar-refractivity contribution >= 4 is 23.8 Å². The number of hydrogen-bond donors (Lipinski definition) is 1. The number of ether oxygens (including phenoxy) is 1. The Morgan fingerprint density at radius 3 is 1.52 bits per heavy atom. The lowest BCUT2D eigenvalue weighted by Gasteiger charge is -2.39. The number of rotatable bonds is 4. The van der Waals surface area contributed by atoms with Crippen LogP contribution in [0.25, 0.3) is 0 Å². The minimum absolute atomic E-state index is 0. The summed E-state index contributed by atoms with van der Waals surface area (Å²) < 4.78 is 6.75. The third-order valence-corrected chi connectivity index (χ3v) is 9.53. The Balaban J connectivity index is 0.00000484. The molecule has 0 radical (unpaired) electrons. The minimum Gasteiger partial charge on any atom is -0.489 e. The van der Waals surface area contributed by atoms with Crippen LogP contribution < -0.4 is 10.1 Å². The van der Waals surface area contributed by atoms with Crippen molar-refractivity contribution in [3.05, 3.63) is 54.6 Å². The second kappa shape index (κ2) is 21.9. The van der Waals surface area contributed by atoms with Gasteiger partial charge in [-0.2, -0.15) is 0 Å². The van der Waals surface area contributed by atoms with Crippen LogP contribution in [0.4, 0.5) is 11.4 Å². The molecule has 2 unspecified atom stereocenters. The van der Waals surface area contributed by atoms with Gasteiger partial charge in [-0.05, 0) is 74.7 Å². The average Bonchev–Trinajstić information content (AvgIpc) is 3.00. The van der Waals surface area contributed by atoms with Crippen LogP contribution >= 0.6 is 12.4 Å². The maximum Gasteiger partial charge on any atom is 0.119 e. The molecular weight excluding hydrogens is 536 g/mol. The second-order valence-electron chi connectivity index (χ2n) is 13.0. The SMILES string of the molecule is Cl.c1ccc(Nc2ccc(O[C@H]3CN4CCCCCCCCCCCCCCCCCCCCCC3CC4)cc2)cc1. The van der Waals surface area contributed by atoms with Crippen molar-refractivity contribution in [3.8, 4) is 5.75 Å². The Morgan fingerprint density at radius 2 is 0.976 bits per heavy atom. The van der Waals surface area contributed by atoms with Gasteiger partial charge in [0.2, 0.25) is 0 Å². The molecule has 3 aliphatic rings. The summed E-state index contributed by atoms with van der Waals surface area (Å²) in [6.07, 6.45) is 30.2. The maximum atomic E-state index is 6.75. The highest BCUT2D eigenvalue weighted by Crippen LogP contribution is 2.29. The molecule has 3 atom stereocenters. The third kappa shape index (κ3) is 14.2. The zero-order chi connectivity index (χ0) is 28.2. The molecule has 0 aliphatic carbocycles. The highest BCUT2D eigenvalue weighted by Gasteiger charge is 2.30. The van der Waals surface area contributed by atoms with Gasteiger partial charge >= 0.3 is 0 Å². The number of nitrogens with zero attached hydrogens (tertiary/aromatic N) is 1. The number of piperidine rings is 1. The van der Waals surface area contributed by atoms with Crippen LogP contribution in [0.5, 0.6) is 5.75 Å². The number of fused-ring (bicyclic) bond motifs is 22. The number of benzene rings is 2. The summed E-state index contributed by atoms with van der Waals surface area (Å²) in [5, 5.41) is 3.50. The second-order valence-corrected chi connectivity index (χ2v) is 13.0. The predicted molar refractivity (Wildman–Crippen MR) is 185 cm³/mol. The Morgan fingerprint density at radius 1 is 0.500 bits per heavy atom. The fourth-order valence-electron chi connectivity index (χ4n) is 6.92. The molecule has 2 aromatic rings. The monoisotopic (exact) mass is 596 g/mol. The first kappa shape index (κ1) is 34.8. The first-order valence-corrected chi connectivity index (χ1v) is 17.7. The third-order valence-electron chi connectivity index (χ3n) is 9.53. The van der Waals surface area contributed by atoms with Crippen LogP contribution in [0, 0.1) is 5.92 Å². The van der Waals surface area contributed by atoms with E-state index in [1.54, 1.807) is 0 Å². The van der Waals surface area contributed by atoms with Gasteiger partial charge in [0.05, 0.1) is 0 Å². The summed E-state index contributed by atoms with van der Waals surface area (Å²) in [5.41, 5.74) is 2.23. The summed E-state index contributed by atoms with van der Waals surface area (Å²) in [5.74, 6) is 1.70. The van der Waals surface area contributed by atoms with E-state index < -0.39 is 0 Å². The number of para-hydroxylation sites is 1. The lowest BCUT2D eigenvalue weighted by atomic mass is 9.88. The van der Waals surface area contributed by atoms with Crippen molar-refractivity contribution in [2.45, 2.75) is 141 Å². The molecule has 3 nitrogen and oxygen atoms in total. The summed E-state index contributed by atoms with van der Waals surface area (Å²) >= 11 is 0. The van der Waals surface area contributed by atoms with E-state index in [-0.39, 0.29) is 12.4 Å². The molecule has 0 aromatic heterocycles. The van der Waals surface area contributed by atoms with Crippen LogP contribution in [0.3, 0.4) is 0 Å². The average molecular weight is 597 g/mol. The highest BCUT2D eigenvalue weighted by atomic mass is 35.5. The Bertz CT molecular complexity index is 901. The number of anilines is 2. The van der Waals surface area contributed by atoms with Crippen molar-refractivity contribution < 1.29 is 4.74 Å². The highest BCUT2D eigenvalue weighted by molar-refractivity contribution is 5.85. The van der Waals surface area contributed by atoms with Gasteiger partial charge in [-0.25, -0.2) is 0 Å². The normalized spacial score (nSPS) is 24.8. The lowest BCUT2D eigenvalue weighted by molar-refractivity contribution is 0.0340. The molecule has 3 saturated heterocycles. The van der Waals surface area contributed by atoms with E-state index in [9.17, 15) is 0 Å². The summed E-state index contributed by atoms with van der Waals surface area (Å²) in [6, 6.07) is 19.0. The quantitative estimate of drug-likeness (QED) is 0.380. The predicted octanol–water partition coefficient (Wildman–Crippen LogP) is 11.7. The fraction of sp³-hybridized carbons (Fsp3) is 0.684. The lowest BCUT2D eigenvalue weighted by Crippen LogP contribution is -2.47. The van der Waals surface area contributed by atoms with Crippen LogP contribution in [0.15, 0.2) is 54.6 Å². The Kier molecular flexibility index (Phi) is 18.1. The molecule has 5 rings (SSSR count). The molecule has 0 amide bonds. The largest absolute Gasteiger partial charge is 0.489 e. The van der Waals surface area contributed by atoms with Crippen molar-refractivity contribution in [1.29, 1.82) is 0 Å². The summed E-state index contributed by atoms with van der Waals surface area (Å²) in [4.78, 5) is 2.70. The number of halogens is 1. The van der Waals surface area contributed by atoms with Crippen LogP contribution in [-0.2, 0) is 0 Å². The van der Waals surface area contributed by atoms with E-state index in [4.69, 9.17) is 4.74 Å². The maximum absolute atomic E-state index is 6.75. The summed E-state index contributed by atoms with van der Waals surface area (Å²) in [7, 11) is 0. The standard InChI is InChI=1S/C38H60N2O.ClH/c1-2-4-6-8-10-12-14-16-19-23-34-30-32-40(31-22-17-15-13-11-9-7-5-3-1)33-38(34)41-37-28-26-36(27-29-37)39-35-24-20-18-21-25-35;/h18,20-21,24-29,34,38-39H,1-17,19,22-23,30-33H2;1H/t34?,38-;/m0./s1. The van der Waals surface area contributed by atoms with Crippen molar-refractivity contribution in [1.82, 2.24) is 4.90 Å². The van der Waals surface area contributed by atoms with E-state index >= 15 is 0 Å². The van der Waals surface area contributed by atoms with E-state index in [0.717, 1.165) is 23.7 Å². The smallest absolute Gasteiger partial charge is 0.119 e. The molecule has 2 bridgehead atoms. The van der Waals surface area contributed by atoms with Crippen molar-refractivity contribution in [2.24, 2.45) is 5.92 Å². The first-order valence-electron chi connectivity index (χ1n) is 17.7. The topological polar surface area (TPSA) is 24.5 Å². The van der Waals surface area contributed by atoms with Gasteiger partial charge in [0.15, 0.2) is 0 Å². The van der Waals surface area contributed by atoms with Gasteiger partial charge in [-0.15, -0.1) is 12.4 Å². The van der Waals surface area contributed by atoms with Crippen molar-refractivity contribution in [3.63, 3.8) is 0 Å². The molecule has 1 N–H and O–H groups in total. The number of hydrogen-bond acceptors (Lipinski definition) is 3. The Hall–Kier alpha value is -1.71. The fourth-order valence-corrected chi connectivity index (χ4v) is 6.92. The molecule has 2 aromatic carbocycles. The van der Waals surface area contributed by atoms with Gasteiger partial charge in [-0.3, -0.25) is 4.90 Å².